The zero-order valence-corrected chi connectivity index (χ0v) is 13.8. The van der Waals surface area contributed by atoms with E-state index in [0.29, 0.717) is 31.9 Å². The molecule has 3 rings (SSSR count). The standard InChI is InChI=1S/C16H18N4O3S/c21-13-19-8-10-20(11-9-19)16-7-6-14(12-17-16)18-24(22,23)15-4-2-1-3-5-15/h1-7,12-13,18H,8-11H2. The van der Waals surface area contributed by atoms with Crippen LogP contribution in [-0.2, 0) is 14.8 Å². The molecular formula is C16H18N4O3S. The van der Waals surface area contributed by atoms with Crippen molar-refractivity contribution in [2.45, 2.75) is 4.90 Å². The molecule has 1 fully saturated rings. The Balaban J connectivity index is 1.68. The van der Waals surface area contributed by atoms with E-state index in [0.717, 1.165) is 12.2 Å². The number of hydrogen-bond donors (Lipinski definition) is 1. The minimum Gasteiger partial charge on any atom is -0.353 e. The van der Waals surface area contributed by atoms with Crippen LogP contribution in [0, 0.1) is 0 Å². The molecule has 0 radical (unpaired) electrons. The Kier molecular flexibility index (Phi) is 4.66. The number of amides is 1. The lowest BCUT2D eigenvalue weighted by atomic mass is 10.3. The summed E-state index contributed by atoms with van der Waals surface area (Å²) in [5, 5.41) is 0. The molecule has 0 unspecified atom stereocenters. The van der Waals surface area contributed by atoms with Gasteiger partial charge in [0.1, 0.15) is 5.82 Å². The van der Waals surface area contributed by atoms with Crippen LogP contribution in [0.4, 0.5) is 11.5 Å². The van der Waals surface area contributed by atoms with Gasteiger partial charge in [0.05, 0.1) is 16.8 Å². The van der Waals surface area contributed by atoms with Crippen molar-refractivity contribution in [3.05, 3.63) is 48.7 Å². The summed E-state index contributed by atoms with van der Waals surface area (Å²) in [5.41, 5.74) is 0.411. The SMILES string of the molecule is O=CN1CCN(c2ccc(NS(=O)(=O)c3ccccc3)cn2)CC1. The third-order valence-electron chi connectivity index (χ3n) is 3.84. The van der Waals surface area contributed by atoms with Crippen molar-refractivity contribution < 1.29 is 13.2 Å². The molecule has 24 heavy (non-hydrogen) atoms. The van der Waals surface area contributed by atoms with E-state index in [-0.39, 0.29) is 4.90 Å². The Labute approximate surface area is 141 Å². The van der Waals surface area contributed by atoms with Gasteiger partial charge in [-0.25, -0.2) is 13.4 Å². The molecular weight excluding hydrogens is 328 g/mol. The van der Waals surface area contributed by atoms with Gasteiger partial charge in [-0.05, 0) is 24.3 Å². The third kappa shape index (κ3) is 3.65. The molecule has 0 spiro atoms. The molecule has 1 aromatic heterocycles. The van der Waals surface area contributed by atoms with Crippen molar-refractivity contribution >= 4 is 27.9 Å². The lowest BCUT2D eigenvalue weighted by Crippen LogP contribution is -2.46. The normalized spacial score (nSPS) is 15.2. The number of pyridine rings is 1. The van der Waals surface area contributed by atoms with Crippen molar-refractivity contribution in [1.82, 2.24) is 9.88 Å². The number of sulfonamides is 1. The van der Waals surface area contributed by atoms with E-state index in [1.165, 1.54) is 18.3 Å². The fraction of sp³-hybridized carbons (Fsp3) is 0.250. The quantitative estimate of drug-likeness (QED) is 0.822. The monoisotopic (exact) mass is 346 g/mol. The highest BCUT2D eigenvalue weighted by molar-refractivity contribution is 7.92. The van der Waals surface area contributed by atoms with E-state index >= 15 is 0 Å². The average molecular weight is 346 g/mol. The van der Waals surface area contributed by atoms with E-state index in [4.69, 9.17) is 0 Å². The van der Waals surface area contributed by atoms with Gasteiger partial charge in [-0.15, -0.1) is 0 Å². The smallest absolute Gasteiger partial charge is 0.261 e. The predicted molar refractivity (Wildman–Crippen MR) is 91.3 cm³/mol. The summed E-state index contributed by atoms with van der Waals surface area (Å²) < 4.78 is 27.1. The highest BCUT2D eigenvalue weighted by atomic mass is 32.2. The molecule has 1 saturated heterocycles. The van der Waals surface area contributed by atoms with Crippen LogP contribution in [0.3, 0.4) is 0 Å². The van der Waals surface area contributed by atoms with Crippen molar-refractivity contribution in [2.75, 3.05) is 35.8 Å². The minimum absolute atomic E-state index is 0.207. The zero-order chi connectivity index (χ0) is 17.0. The first-order valence-corrected chi connectivity index (χ1v) is 9.05. The van der Waals surface area contributed by atoms with Crippen LogP contribution in [-0.4, -0.2) is 50.9 Å². The van der Waals surface area contributed by atoms with E-state index in [1.54, 1.807) is 35.2 Å². The summed E-state index contributed by atoms with van der Waals surface area (Å²) in [7, 11) is -3.61. The zero-order valence-electron chi connectivity index (χ0n) is 13.0. The Hall–Kier alpha value is -2.61. The third-order valence-corrected chi connectivity index (χ3v) is 5.24. The molecule has 126 valence electrons. The number of carbonyl (C=O) groups excluding carboxylic acids is 1. The van der Waals surface area contributed by atoms with Crippen molar-refractivity contribution in [2.24, 2.45) is 0 Å². The maximum Gasteiger partial charge on any atom is 0.261 e. The lowest BCUT2D eigenvalue weighted by molar-refractivity contribution is -0.118. The molecule has 1 aromatic carbocycles. The predicted octanol–water partition coefficient (Wildman–Crippen LogP) is 1.16. The van der Waals surface area contributed by atoms with Crippen LogP contribution in [0.15, 0.2) is 53.6 Å². The highest BCUT2D eigenvalue weighted by Crippen LogP contribution is 2.19. The second-order valence-electron chi connectivity index (χ2n) is 5.45. The average Bonchev–Trinajstić information content (AvgIpc) is 2.63. The van der Waals surface area contributed by atoms with Gasteiger partial charge in [0, 0.05) is 26.2 Å². The molecule has 0 aliphatic carbocycles. The summed E-state index contributed by atoms with van der Waals surface area (Å²) in [6.45, 7) is 2.74. The van der Waals surface area contributed by atoms with E-state index in [1.807, 2.05) is 0 Å². The van der Waals surface area contributed by atoms with Crippen molar-refractivity contribution in [1.29, 1.82) is 0 Å². The highest BCUT2D eigenvalue weighted by Gasteiger charge is 2.17. The van der Waals surface area contributed by atoms with Crippen molar-refractivity contribution in [3.63, 3.8) is 0 Å². The van der Waals surface area contributed by atoms with Crippen LogP contribution in [0.2, 0.25) is 0 Å². The summed E-state index contributed by atoms with van der Waals surface area (Å²) in [6, 6.07) is 11.7. The number of aromatic nitrogens is 1. The Bertz CT molecular complexity index is 786. The van der Waals surface area contributed by atoms with Gasteiger partial charge in [0.2, 0.25) is 6.41 Å². The number of nitrogens with zero attached hydrogens (tertiary/aromatic N) is 3. The number of piperazine rings is 1. The summed E-state index contributed by atoms with van der Waals surface area (Å²) in [5.74, 6) is 0.767. The molecule has 7 nitrogen and oxygen atoms in total. The number of nitrogens with one attached hydrogen (secondary N) is 1. The fourth-order valence-corrected chi connectivity index (χ4v) is 3.57. The maximum absolute atomic E-state index is 12.3. The summed E-state index contributed by atoms with van der Waals surface area (Å²) >= 11 is 0. The van der Waals surface area contributed by atoms with Gasteiger partial charge >= 0.3 is 0 Å². The van der Waals surface area contributed by atoms with Gasteiger partial charge in [-0.3, -0.25) is 9.52 Å². The number of rotatable bonds is 5. The first-order chi connectivity index (χ1) is 11.6. The van der Waals surface area contributed by atoms with E-state index in [2.05, 4.69) is 14.6 Å². The van der Waals surface area contributed by atoms with Crippen LogP contribution < -0.4 is 9.62 Å². The molecule has 1 amide bonds. The Morgan fingerprint density at radius 2 is 1.71 bits per heavy atom. The topological polar surface area (TPSA) is 82.6 Å². The molecule has 1 aliphatic heterocycles. The van der Waals surface area contributed by atoms with Gasteiger partial charge < -0.3 is 9.80 Å². The van der Waals surface area contributed by atoms with Crippen LogP contribution in [0.25, 0.3) is 0 Å². The van der Waals surface area contributed by atoms with Crippen molar-refractivity contribution in [3.8, 4) is 0 Å². The molecule has 1 aliphatic rings. The molecule has 1 N–H and O–H groups in total. The van der Waals surface area contributed by atoms with Crippen LogP contribution >= 0.6 is 0 Å². The molecule has 0 atom stereocenters. The number of carbonyl (C=O) groups is 1. The van der Waals surface area contributed by atoms with Crippen LogP contribution in [0.5, 0.6) is 0 Å². The Morgan fingerprint density at radius 1 is 1.00 bits per heavy atom. The number of benzene rings is 1. The minimum atomic E-state index is -3.61. The van der Waals surface area contributed by atoms with Gasteiger partial charge in [0.25, 0.3) is 10.0 Å². The van der Waals surface area contributed by atoms with Gasteiger partial charge in [0.15, 0.2) is 0 Å². The maximum atomic E-state index is 12.3. The molecule has 2 aromatic rings. The first kappa shape index (κ1) is 16.3. The first-order valence-electron chi connectivity index (χ1n) is 7.57. The van der Waals surface area contributed by atoms with Gasteiger partial charge in [-0.1, -0.05) is 18.2 Å². The largest absolute Gasteiger partial charge is 0.353 e. The van der Waals surface area contributed by atoms with E-state index in [9.17, 15) is 13.2 Å². The molecule has 8 heteroatoms. The Morgan fingerprint density at radius 3 is 2.29 bits per heavy atom. The number of anilines is 2. The molecule has 2 heterocycles. The van der Waals surface area contributed by atoms with Gasteiger partial charge in [-0.2, -0.15) is 0 Å². The second-order valence-corrected chi connectivity index (χ2v) is 7.13. The van der Waals surface area contributed by atoms with Crippen LogP contribution in [0.1, 0.15) is 0 Å². The number of hydrogen-bond acceptors (Lipinski definition) is 5. The second kappa shape index (κ2) is 6.88. The fourth-order valence-electron chi connectivity index (χ4n) is 2.50. The molecule has 0 saturated carbocycles. The molecule has 0 bridgehead atoms. The summed E-state index contributed by atoms with van der Waals surface area (Å²) in [4.78, 5) is 19.0. The summed E-state index contributed by atoms with van der Waals surface area (Å²) in [6.07, 6.45) is 2.36. The van der Waals surface area contributed by atoms with E-state index < -0.39 is 10.0 Å². The lowest BCUT2D eigenvalue weighted by Gasteiger charge is -2.33.